The van der Waals surface area contributed by atoms with Gasteiger partial charge in [0.15, 0.2) is 5.96 Å². The maximum absolute atomic E-state index is 6.07. The first-order chi connectivity index (χ1) is 11.1. The van der Waals surface area contributed by atoms with Crippen molar-refractivity contribution in [3.63, 3.8) is 0 Å². The van der Waals surface area contributed by atoms with E-state index >= 15 is 0 Å². The molecule has 3 saturated heterocycles. The van der Waals surface area contributed by atoms with Crippen LogP contribution in [-0.4, -0.2) is 53.0 Å². The summed E-state index contributed by atoms with van der Waals surface area (Å²) in [7, 11) is 3.88. The van der Waals surface area contributed by atoms with E-state index in [-0.39, 0.29) is 0 Å². The molecule has 126 valence electrons. The summed E-state index contributed by atoms with van der Waals surface area (Å²) in [6.45, 7) is 7.14. The highest BCUT2D eigenvalue weighted by Crippen LogP contribution is 2.47. The Morgan fingerprint density at radius 2 is 1.91 bits per heavy atom. The van der Waals surface area contributed by atoms with Crippen LogP contribution in [0.15, 0.2) is 4.99 Å². The van der Waals surface area contributed by atoms with Crippen LogP contribution < -0.4 is 5.32 Å². The van der Waals surface area contributed by atoms with Gasteiger partial charge in [0.25, 0.3) is 0 Å². The number of hydrogen-bond acceptors (Lipinski definition) is 3. The molecule has 4 unspecified atom stereocenters. The van der Waals surface area contributed by atoms with Gasteiger partial charge in [0.1, 0.15) is 0 Å². The molecule has 0 radical (unpaired) electrons. The highest BCUT2D eigenvalue weighted by Gasteiger charge is 2.53. The number of likely N-dealkylation sites (tertiary alicyclic amines) is 1. The van der Waals surface area contributed by atoms with Crippen LogP contribution in [0.25, 0.3) is 0 Å². The molecule has 0 saturated carbocycles. The van der Waals surface area contributed by atoms with Crippen LogP contribution in [0.4, 0.5) is 0 Å². The van der Waals surface area contributed by atoms with Gasteiger partial charge >= 0.3 is 0 Å². The van der Waals surface area contributed by atoms with Crippen LogP contribution in [0.1, 0.15) is 29.8 Å². The number of aryl methyl sites for hydroxylation is 2. The number of guanidine groups is 1. The van der Waals surface area contributed by atoms with Crippen molar-refractivity contribution >= 4 is 5.96 Å². The van der Waals surface area contributed by atoms with Gasteiger partial charge in [0.05, 0.1) is 17.9 Å². The van der Waals surface area contributed by atoms with Crippen molar-refractivity contribution in [1.29, 1.82) is 0 Å². The Morgan fingerprint density at radius 3 is 2.43 bits per heavy atom. The standard InChI is InChI=1S/C17H27N5O/c1-10-12(11(2)21(4)20-10)7-19-17(18-3)22-8-13-14(9-22)16-6-5-15(13)23-16/h13-16H,5-9H2,1-4H3,(H,18,19). The minimum Gasteiger partial charge on any atom is -0.374 e. The third-order valence-corrected chi connectivity index (χ3v) is 6.05. The fourth-order valence-electron chi connectivity index (χ4n) is 4.71. The second kappa shape index (κ2) is 5.51. The molecule has 3 fully saturated rings. The number of nitrogens with zero attached hydrogens (tertiary/aromatic N) is 4. The van der Waals surface area contributed by atoms with Crippen molar-refractivity contribution in [1.82, 2.24) is 20.0 Å². The van der Waals surface area contributed by atoms with Crippen LogP contribution in [0.3, 0.4) is 0 Å². The first kappa shape index (κ1) is 15.0. The van der Waals surface area contributed by atoms with Gasteiger partial charge in [-0.2, -0.15) is 5.10 Å². The third kappa shape index (κ3) is 2.35. The average Bonchev–Trinajstić information content (AvgIpc) is 3.25. The number of aromatic nitrogens is 2. The molecule has 3 aliphatic rings. The lowest BCUT2D eigenvalue weighted by Crippen LogP contribution is -2.41. The first-order valence-corrected chi connectivity index (χ1v) is 8.68. The molecule has 4 rings (SSSR count). The Labute approximate surface area is 137 Å². The Balaban J connectivity index is 1.42. The number of aliphatic imine (C=N–C) groups is 1. The van der Waals surface area contributed by atoms with E-state index < -0.39 is 0 Å². The Morgan fingerprint density at radius 1 is 1.26 bits per heavy atom. The molecule has 0 aliphatic carbocycles. The fraction of sp³-hybridized carbons (Fsp3) is 0.765. The van der Waals surface area contributed by atoms with Crippen molar-refractivity contribution in [3.05, 3.63) is 17.0 Å². The number of ether oxygens (including phenoxy) is 1. The average molecular weight is 317 g/mol. The quantitative estimate of drug-likeness (QED) is 0.658. The van der Waals surface area contributed by atoms with Crippen LogP contribution >= 0.6 is 0 Å². The number of fused-ring (bicyclic) bond motifs is 5. The van der Waals surface area contributed by atoms with E-state index in [0.29, 0.717) is 24.0 Å². The van der Waals surface area contributed by atoms with E-state index in [9.17, 15) is 0 Å². The van der Waals surface area contributed by atoms with Crippen LogP contribution in [0, 0.1) is 25.7 Å². The molecule has 1 aromatic heterocycles. The van der Waals surface area contributed by atoms with Gasteiger partial charge in [-0.3, -0.25) is 9.67 Å². The molecule has 0 aromatic carbocycles. The molecule has 6 heteroatoms. The van der Waals surface area contributed by atoms with Crippen molar-refractivity contribution in [2.24, 2.45) is 23.9 Å². The topological polar surface area (TPSA) is 54.7 Å². The largest absolute Gasteiger partial charge is 0.374 e. The van der Waals surface area contributed by atoms with E-state index in [1.54, 1.807) is 0 Å². The van der Waals surface area contributed by atoms with Gasteiger partial charge < -0.3 is 15.0 Å². The van der Waals surface area contributed by atoms with Crippen LogP contribution in [-0.2, 0) is 18.3 Å². The minimum absolute atomic E-state index is 0.496. The summed E-state index contributed by atoms with van der Waals surface area (Å²) < 4.78 is 8.02. The van der Waals surface area contributed by atoms with E-state index in [1.165, 1.54) is 24.1 Å². The second-order valence-electron chi connectivity index (χ2n) is 7.20. The van der Waals surface area contributed by atoms with Crippen molar-refractivity contribution in [2.45, 2.75) is 45.4 Å². The lowest BCUT2D eigenvalue weighted by atomic mass is 9.82. The Hall–Kier alpha value is -1.56. The van der Waals surface area contributed by atoms with Gasteiger partial charge in [0.2, 0.25) is 0 Å². The van der Waals surface area contributed by atoms with Crippen LogP contribution in [0.2, 0.25) is 0 Å². The number of nitrogens with one attached hydrogen (secondary N) is 1. The molecule has 2 bridgehead atoms. The van der Waals surface area contributed by atoms with E-state index in [2.05, 4.69) is 34.2 Å². The zero-order valence-electron chi connectivity index (χ0n) is 14.5. The molecule has 4 heterocycles. The van der Waals surface area contributed by atoms with Crippen LogP contribution in [0.5, 0.6) is 0 Å². The third-order valence-electron chi connectivity index (χ3n) is 6.05. The normalized spacial score (nSPS) is 32.7. The summed E-state index contributed by atoms with van der Waals surface area (Å²) in [6, 6.07) is 0. The van der Waals surface area contributed by atoms with E-state index in [4.69, 9.17) is 4.74 Å². The Bertz CT molecular complexity index is 619. The second-order valence-corrected chi connectivity index (χ2v) is 7.20. The monoisotopic (exact) mass is 317 g/mol. The maximum atomic E-state index is 6.07. The number of hydrogen-bond donors (Lipinski definition) is 1. The maximum Gasteiger partial charge on any atom is 0.193 e. The van der Waals surface area contributed by atoms with Gasteiger partial charge in [-0.25, -0.2) is 0 Å². The molecule has 4 atom stereocenters. The molecule has 3 aliphatic heterocycles. The predicted molar refractivity (Wildman–Crippen MR) is 89.3 cm³/mol. The summed E-state index contributed by atoms with van der Waals surface area (Å²) in [6.07, 6.45) is 3.49. The summed E-state index contributed by atoms with van der Waals surface area (Å²) in [5.74, 6) is 2.42. The molecule has 1 aromatic rings. The SMILES string of the molecule is CN=C(NCc1c(C)nn(C)c1C)N1CC2C3CCC(O3)C2C1. The molecule has 0 spiro atoms. The first-order valence-electron chi connectivity index (χ1n) is 8.68. The van der Waals surface area contributed by atoms with Gasteiger partial charge in [-0.15, -0.1) is 0 Å². The van der Waals surface area contributed by atoms with Gasteiger partial charge in [0, 0.05) is 56.8 Å². The zero-order valence-corrected chi connectivity index (χ0v) is 14.5. The Kier molecular flexibility index (Phi) is 3.59. The fourth-order valence-corrected chi connectivity index (χ4v) is 4.71. The van der Waals surface area contributed by atoms with E-state index in [0.717, 1.165) is 31.3 Å². The number of rotatable bonds is 2. The highest BCUT2D eigenvalue weighted by molar-refractivity contribution is 5.80. The van der Waals surface area contributed by atoms with Gasteiger partial charge in [-0.1, -0.05) is 0 Å². The molecule has 0 amide bonds. The smallest absolute Gasteiger partial charge is 0.193 e. The summed E-state index contributed by atoms with van der Waals surface area (Å²) in [5.41, 5.74) is 3.59. The molecule has 23 heavy (non-hydrogen) atoms. The summed E-state index contributed by atoms with van der Waals surface area (Å²) in [4.78, 5) is 6.93. The summed E-state index contributed by atoms with van der Waals surface area (Å²) in [5, 5.41) is 8.04. The molecular formula is C17H27N5O. The molecular weight excluding hydrogens is 290 g/mol. The predicted octanol–water partition coefficient (Wildman–Crippen LogP) is 1.22. The molecule has 6 nitrogen and oxygen atoms in total. The zero-order chi connectivity index (χ0) is 16.1. The minimum atomic E-state index is 0.496. The molecule has 1 N–H and O–H groups in total. The van der Waals surface area contributed by atoms with Gasteiger partial charge in [-0.05, 0) is 26.7 Å². The summed E-state index contributed by atoms with van der Waals surface area (Å²) >= 11 is 0. The van der Waals surface area contributed by atoms with Crippen molar-refractivity contribution < 1.29 is 4.74 Å². The van der Waals surface area contributed by atoms with E-state index in [1.807, 2.05) is 18.8 Å². The lowest BCUT2D eigenvalue weighted by molar-refractivity contribution is 0.0767. The highest BCUT2D eigenvalue weighted by atomic mass is 16.5. The van der Waals surface area contributed by atoms with Crippen molar-refractivity contribution in [3.8, 4) is 0 Å². The van der Waals surface area contributed by atoms with Crippen molar-refractivity contribution in [2.75, 3.05) is 20.1 Å². The lowest BCUT2D eigenvalue weighted by Gasteiger charge is -2.23.